The molecule has 1 amide bonds. The molecule has 4 heteroatoms. The zero-order chi connectivity index (χ0) is 19.5. The summed E-state index contributed by atoms with van der Waals surface area (Å²) in [5, 5.41) is 2.96. The van der Waals surface area contributed by atoms with Gasteiger partial charge in [0, 0.05) is 31.4 Å². The van der Waals surface area contributed by atoms with Crippen LogP contribution in [-0.2, 0) is 0 Å². The Balaban J connectivity index is 1.80. The Labute approximate surface area is 163 Å². The number of anilines is 1. The summed E-state index contributed by atoms with van der Waals surface area (Å²) in [4.78, 5) is 14.2. The lowest BCUT2D eigenvalue weighted by Gasteiger charge is -2.21. The number of likely N-dealkylation sites (N-methyl/N-ethyl adjacent to an activating group) is 1. The molecule has 0 aromatic heterocycles. The summed E-state index contributed by atoms with van der Waals surface area (Å²) in [5.74, 6) is 0.891. The van der Waals surface area contributed by atoms with Crippen molar-refractivity contribution in [2.75, 3.05) is 25.0 Å². The van der Waals surface area contributed by atoms with Crippen molar-refractivity contribution < 1.29 is 9.53 Å². The summed E-state index contributed by atoms with van der Waals surface area (Å²) in [5.41, 5.74) is 1.80. The number of rotatable bonds is 11. The van der Waals surface area contributed by atoms with E-state index in [0.717, 1.165) is 43.7 Å². The summed E-state index contributed by atoms with van der Waals surface area (Å²) in [6.07, 6.45) is 4.77. The van der Waals surface area contributed by atoms with E-state index in [1.165, 1.54) is 0 Å². The fourth-order valence-corrected chi connectivity index (χ4v) is 3.04. The quantitative estimate of drug-likeness (QED) is 0.613. The third kappa shape index (κ3) is 6.97. The van der Waals surface area contributed by atoms with Gasteiger partial charge < -0.3 is 15.0 Å². The van der Waals surface area contributed by atoms with Crippen molar-refractivity contribution in [1.29, 1.82) is 0 Å². The molecule has 146 valence electrons. The lowest BCUT2D eigenvalue weighted by Crippen LogP contribution is -2.32. The molecule has 0 aliphatic heterocycles. The van der Waals surface area contributed by atoms with Gasteiger partial charge in [-0.1, -0.05) is 44.9 Å². The van der Waals surface area contributed by atoms with E-state index in [1.807, 2.05) is 49.5 Å². The van der Waals surface area contributed by atoms with E-state index in [1.54, 1.807) is 0 Å². The number of nitrogens with zero attached hydrogens (tertiary/aromatic N) is 1. The van der Waals surface area contributed by atoms with Crippen LogP contribution in [0.5, 0.6) is 5.75 Å². The minimum Gasteiger partial charge on any atom is -0.490 e. The van der Waals surface area contributed by atoms with Gasteiger partial charge in [-0.25, -0.2) is 0 Å². The van der Waals surface area contributed by atoms with Crippen molar-refractivity contribution >= 4 is 11.6 Å². The van der Waals surface area contributed by atoms with Gasteiger partial charge in [-0.3, -0.25) is 4.79 Å². The van der Waals surface area contributed by atoms with Gasteiger partial charge in [0.2, 0.25) is 0 Å². The summed E-state index contributed by atoms with van der Waals surface area (Å²) >= 11 is 0. The van der Waals surface area contributed by atoms with Crippen molar-refractivity contribution in [2.24, 2.45) is 0 Å². The van der Waals surface area contributed by atoms with Crippen molar-refractivity contribution in [3.8, 4) is 5.75 Å². The van der Waals surface area contributed by atoms with Crippen LogP contribution in [0.3, 0.4) is 0 Å². The van der Waals surface area contributed by atoms with Crippen molar-refractivity contribution in [3.63, 3.8) is 0 Å². The third-order valence-electron chi connectivity index (χ3n) is 4.57. The second-order valence-electron chi connectivity index (χ2n) is 6.85. The molecule has 0 bridgehead atoms. The van der Waals surface area contributed by atoms with Gasteiger partial charge in [-0.15, -0.1) is 0 Å². The van der Waals surface area contributed by atoms with Crippen molar-refractivity contribution in [1.82, 2.24) is 5.32 Å². The second kappa shape index (κ2) is 11.3. The number of carbonyl (C=O) groups is 1. The highest BCUT2D eigenvalue weighted by Gasteiger charge is 2.09. The summed E-state index contributed by atoms with van der Waals surface area (Å²) in [6.45, 7) is 5.73. The Morgan fingerprint density at radius 2 is 1.63 bits per heavy atom. The monoisotopic (exact) mass is 368 g/mol. The fraction of sp³-hybridized carbons (Fsp3) is 0.435. The van der Waals surface area contributed by atoms with Gasteiger partial charge in [0.15, 0.2) is 0 Å². The highest BCUT2D eigenvalue weighted by atomic mass is 16.5. The summed E-state index contributed by atoms with van der Waals surface area (Å²) < 4.78 is 6.12. The van der Waals surface area contributed by atoms with Gasteiger partial charge in [0.25, 0.3) is 5.91 Å². The Kier molecular flexibility index (Phi) is 8.69. The SMILES string of the molecule is CCCC(CCC)Oc1ccc(N(C)CCNC(=O)c2ccccc2)cc1. The first-order valence-electron chi connectivity index (χ1n) is 9.95. The van der Waals surface area contributed by atoms with E-state index in [-0.39, 0.29) is 5.91 Å². The molecule has 0 saturated carbocycles. The predicted octanol–water partition coefficient (Wildman–Crippen LogP) is 4.90. The molecule has 2 rings (SSSR count). The highest BCUT2D eigenvalue weighted by Crippen LogP contribution is 2.21. The van der Waals surface area contributed by atoms with Crippen molar-refractivity contribution in [3.05, 3.63) is 60.2 Å². The molecular weight excluding hydrogens is 336 g/mol. The highest BCUT2D eigenvalue weighted by molar-refractivity contribution is 5.94. The van der Waals surface area contributed by atoms with E-state index < -0.39 is 0 Å². The van der Waals surface area contributed by atoms with E-state index in [2.05, 4.69) is 36.2 Å². The normalized spacial score (nSPS) is 10.7. The molecule has 27 heavy (non-hydrogen) atoms. The molecule has 0 radical (unpaired) electrons. The van der Waals surface area contributed by atoms with Gasteiger partial charge in [0.1, 0.15) is 5.75 Å². The average molecular weight is 369 g/mol. The standard InChI is InChI=1S/C23H32N2O2/c1-4-9-21(10-5-2)27-22-15-13-20(14-16-22)25(3)18-17-24-23(26)19-11-7-6-8-12-19/h6-8,11-16,21H,4-5,9-10,17-18H2,1-3H3,(H,24,26). The summed E-state index contributed by atoms with van der Waals surface area (Å²) in [7, 11) is 2.03. The maximum absolute atomic E-state index is 12.1. The van der Waals surface area contributed by atoms with Crippen LogP contribution in [0.15, 0.2) is 54.6 Å². The number of carbonyl (C=O) groups excluding carboxylic acids is 1. The number of nitrogens with one attached hydrogen (secondary N) is 1. The van der Waals surface area contributed by atoms with Gasteiger partial charge in [-0.2, -0.15) is 0 Å². The van der Waals surface area contributed by atoms with Crippen LogP contribution in [0.1, 0.15) is 49.9 Å². The van der Waals surface area contributed by atoms with E-state index in [4.69, 9.17) is 4.74 Å². The summed E-state index contributed by atoms with van der Waals surface area (Å²) in [6, 6.07) is 17.5. The van der Waals surface area contributed by atoms with Gasteiger partial charge >= 0.3 is 0 Å². The van der Waals surface area contributed by atoms with Crippen LogP contribution in [0.4, 0.5) is 5.69 Å². The first-order chi connectivity index (χ1) is 13.1. The molecule has 0 atom stereocenters. The number of amides is 1. The number of hydrogen-bond acceptors (Lipinski definition) is 3. The van der Waals surface area contributed by atoms with Crippen LogP contribution in [0.25, 0.3) is 0 Å². The van der Waals surface area contributed by atoms with Crippen LogP contribution in [0.2, 0.25) is 0 Å². The van der Waals surface area contributed by atoms with Crippen LogP contribution < -0.4 is 15.0 Å². The molecular formula is C23H32N2O2. The van der Waals surface area contributed by atoms with E-state index in [0.29, 0.717) is 18.2 Å². The lowest BCUT2D eigenvalue weighted by atomic mass is 10.1. The van der Waals surface area contributed by atoms with Crippen LogP contribution in [-0.4, -0.2) is 32.1 Å². The Bertz CT molecular complexity index is 665. The zero-order valence-corrected chi connectivity index (χ0v) is 16.8. The van der Waals surface area contributed by atoms with Gasteiger partial charge in [-0.05, 0) is 49.2 Å². The van der Waals surface area contributed by atoms with Crippen LogP contribution >= 0.6 is 0 Å². The smallest absolute Gasteiger partial charge is 0.251 e. The number of hydrogen-bond donors (Lipinski definition) is 1. The lowest BCUT2D eigenvalue weighted by molar-refractivity contribution is 0.0954. The molecule has 0 saturated heterocycles. The first-order valence-corrected chi connectivity index (χ1v) is 9.95. The molecule has 0 aliphatic carbocycles. The molecule has 0 spiro atoms. The fourth-order valence-electron chi connectivity index (χ4n) is 3.04. The molecule has 1 N–H and O–H groups in total. The van der Waals surface area contributed by atoms with E-state index in [9.17, 15) is 4.79 Å². The molecule has 2 aromatic carbocycles. The Hall–Kier alpha value is -2.49. The topological polar surface area (TPSA) is 41.6 Å². The molecule has 2 aromatic rings. The Morgan fingerprint density at radius 3 is 2.22 bits per heavy atom. The van der Waals surface area contributed by atoms with Gasteiger partial charge in [0.05, 0.1) is 6.10 Å². The predicted molar refractivity (Wildman–Crippen MR) is 113 cm³/mol. The number of benzene rings is 2. The molecule has 0 aliphatic rings. The minimum absolute atomic E-state index is 0.0364. The van der Waals surface area contributed by atoms with Crippen LogP contribution in [0, 0.1) is 0 Å². The zero-order valence-electron chi connectivity index (χ0n) is 16.8. The largest absolute Gasteiger partial charge is 0.490 e. The Morgan fingerprint density at radius 1 is 1.00 bits per heavy atom. The maximum atomic E-state index is 12.1. The number of ether oxygens (including phenoxy) is 1. The van der Waals surface area contributed by atoms with E-state index >= 15 is 0 Å². The minimum atomic E-state index is -0.0364. The molecule has 0 unspecified atom stereocenters. The maximum Gasteiger partial charge on any atom is 0.251 e. The first kappa shape index (κ1) is 20.8. The molecule has 4 nitrogen and oxygen atoms in total. The molecule has 0 heterocycles. The molecule has 0 fully saturated rings. The second-order valence-corrected chi connectivity index (χ2v) is 6.85. The average Bonchev–Trinajstić information content (AvgIpc) is 2.69. The third-order valence-corrected chi connectivity index (χ3v) is 4.57. The van der Waals surface area contributed by atoms with Crippen molar-refractivity contribution in [2.45, 2.75) is 45.6 Å².